The molecule has 0 aliphatic heterocycles. The van der Waals surface area contributed by atoms with Gasteiger partial charge in [0.15, 0.2) is 0 Å². The van der Waals surface area contributed by atoms with Gasteiger partial charge in [-0.25, -0.2) is 0 Å². The lowest BCUT2D eigenvalue weighted by molar-refractivity contribution is -0.141. The summed E-state index contributed by atoms with van der Waals surface area (Å²) in [4.78, 5) is 36.9. The predicted octanol–water partition coefficient (Wildman–Crippen LogP) is 2.69. The van der Waals surface area contributed by atoms with Crippen molar-refractivity contribution < 1.29 is 23.9 Å². The van der Waals surface area contributed by atoms with E-state index in [0.29, 0.717) is 24.3 Å². The number of carbonyl (C=O) groups excluding carboxylic acids is 3. The summed E-state index contributed by atoms with van der Waals surface area (Å²) in [6, 6.07) is 5.72. The normalized spacial score (nSPS) is 12.8. The van der Waals surface area contributed by atoms with E-state index in [1.54, 1.807) is 24.3 Å². The molecule has 2 atom stereocenters. The molecule has 0 radical (unpaired) electrons. The van der Waals surface area contributed by atoms with Crippen molar-refractivity contribution in [2.75, 3.05) is 13.7 Å². The molecule has 0 aromatic heterocycles. The number of rotatable bonds is 11. The maximum absolute atomic E-state index is 12.7. The van der Waals surface area contributed by atoms with E-state index in [4.69, 9.17) is 9.47 Å². The summed E-state index contributed by atoms with van der Waals surface area (Å²) in [5, 5.41) is 5.66. The summed E-state index contributed by atoms with van der Waals surface area (Å²) in [7, 11) is 1.32. The van der Waals surface area contributed by atoms with Crippen LogP contribution in [0.1, 0.15) is 57.3 Å². The van der Waals surface area contributed by atoms with E-state index >= 15 is 0 Å². The molecule has 0 bridgehead atoms. The smallest absolute Gasteiger partial charge is 0.307 e. The van der Waals surface area contributed by atoms with Gasteiger partial charge in [-0.15, -0.1) is 0 Å². The third kappa shape index (κ3) is 7.58. The van der Waals surface area contributed by atoms with Gasteiger partial charge in [-0.3, -0.25) is 14.4 Å². The van der Waals surface area contributed by atoms with Crippen LogP contribution in [0.4, 0.5) is 0 Å². The Bertz CT molecular complexity index is 643. The van der Waals surface area contributed by atoms with Gasteiger partial charge in [0.2, 0.25) is 5.91 Å². The van der Waals surface area contributed by atoms with Crippen LogP contribution in [0.25, 0.3) is 0 Å². The average Bonchev–Trinajstić information content (AvgIpc) is 2.66. The van der Waals surface area contributed by atoms with E-state index in [-0.39, 0.29) is 36.2 Å². The number of carbonyl (C=O) groups is 3. The molecule has 0 unspecified atom stereocenters. The molecule has 28 heavy (non-hydrogen) atoms. The fraction of sp³-hybridized carbons (Fsp3) is 0.571. The van der Waals surface area contributed by atoms with Gasteiger partial charge in [0.1, 0.15) is 11.8 Å². The van der Waals surface area contributed by atoms with Gasteiger partial charge in [-0.05, 0) is 43.5 Å². The number of hydrogen-bond donors (Lipinski definition) is 2. The molecule has 0 heterocycles. The zero-order chi connectivity index (χ0) is 21.1. The number of methoxy groups -OCH3 is 1. The Morgan fingerprint density at radius 2 is 1.68 bits per heavy atom. The Labute approximate surface area is 167 Å². The number of benzene rings is 1. The highest BCUT2D eigenvalue weighted by Crippen LogP contribution is 2.13. The summed E-state index contributed by atoms with van der Waals surface area (Å²) >= 11 is 0. The van der Waals surface area contributed by atoms with Crippen LogP contribution in [0, 0.1) is 5.92 Å². The van der Waals surface area contributed by atoms with Crippen LogP contribution in [-0.2, 0) is 14.3 Å². The largest absolute Gasteiger partial charge is 0.494 e. The minimum atomic E-state index is -0.712. The SMILES string of the molecule is CCC[C@H](CC(=O)OC)NC(=O)[C@H](NC(=O)c1ccc(OCC)cc1)C(C)C. The molecule has 1 aromatic carbocycles. The van der Waals surface area contributed by atoms with Crippen molar-refractivity contribution in [1.82, 2.24) is 10.6 Å². The minimum Gasteiger partial charge on any atom is -0.494 e. The standard InChI is InChI=1S/C21H32N2O5/c1-6-8-16(13-18(24)27-5)22-21(26)19(14(3)4)23-20(25)15-9-11-17(12-10-15)28-7-2/h9-12,14,16,19H,6-8,13H2,1-5H3,(H,22,26)(H,23,25)/t16-,19-/m1/s1. The second kappa shape index (κ2) is 12.0. The lowest BCUT2D eigenvalue weighted by Crippen LogP contribution is -2.52. The average molecular weight is 392 g/mol. The van der Waals surface area contributed by atoms with Crippen molar-refractivity contribution in [3.63, 3.8) is 0 Å². The number of nitrogens with one attached hydrogen (secondary N) is 2. The van der Waals surface area contributed by atoms with Crippen LogP contribution < -0.4 is 15.4 Å². The van der Waals surface area contributed by atoms with Crippen LogP contribution in [0.3, 0.4) is 0 Å². The van der Waals surface area contributed by atoms with E-state index in [1.165, 1.54) is 7.11 Å². The number of ether oxygens (including phenoxy) is 2. The van der Waals surface area contributed by atoms with Crippen molar-refractivity contribution in [2.45, 2.75) is 59.0 Å². The second-order valence-electron chi connectivity index (χ2n) is 6.93. The highest BCUT2D eigenvalue weighted by molar-refractivity contribution is 5.97. The molecule has 0 fully saturated rings. The number of hydrogen-bond acceptors (Lipinski definition) is 5. The van der Waals surface area contributed by atoms with Gasteiger partial charge in [0.05, 0.1) is 20.1 Å². The predicted molar refractivity (Wildman–Crippen MR) is 107 cm³/mol. The molecule has 7 heteroatoms. The van der Waals surface area contributed by atoms with Crippen molar-refractivity contribution in [3.05, 3.63) is 29.8 Å². The molecule has 0 aliphatic rings. The molecule has 7 nitrogen and oxygen atoms in total. The molecule has 2 N–H and O–H groups in total. The fourth-order valence-electron chi connectivity index (χ4n) is 2.78. The maximum Gasteiger partial charge on any atom is 0.307 e. The maximum atomic E-state index is 12.7. The Balaban J connectivity index is 2.80. The zero-order valence-corrected chi connectivity index (χ0v) is 17.4. The first kappa shape index (κ1) is 23.5. The Hall–Kier alpha value is -2.57. The van der Waals surface area contributed by atoms with Crippen molar-refractivity contribution in [2.24, 2.45) is 5.92 Å². The summed E-state index contributed by atoms with van der Waals surface area (Å²) in [5.74, 6) is -0.457. The van der Waals surface area contributed by atoms with E-state index in [1.807, 2.05) is 27.7 Å². The van der Waals surface area contributed by atoms with Crippen LogP contribution >= 0.6 is 0 Å². The Kier molecular flexibility index (Phi) is 10.1. The van der Waals surface area contributed by atoms with Crippen molar-refractivity contribution in [3.8, 4) is 5.75 Å². The van der Waals surface area contributed by atoms with Crippen LogP contribution in [-0.4, -0.2) is 43.6 Å². The van der Waals surface area contributed by atoms with Crippen molar-refractivity contribution >= 4 is 17.8 Å². The van der Waals surface area contributed by atoms with Gasteiger partial charge < -0.3 is 20.1 Å². The lowest BCUT2D eigenvalue weighted by Gasteiger charge is -2.25. The van der Waals surface area contributed by atoms with E-state index < -0.39 is 6.04 Å². The molecule has 156 valence electrons. The van der Waals surface area contributed by atoms with E-state index in [2.05, 4.69) is 10.6 Å². The first-order valence-corrected chi connectivity index (χ1v) is 9.73. The minimum absolute atomic E-state index is 0.105. The third-order valence-electron chi connectivity index (χ3n) is 4.29. The lowest BCUT2D eigenvalue weighted by atomic mass is 10.0. The van der Waals surface area contributed by atoms with E-state index in [0.717, 1.165) is 6.42 Å². The van der Waals surface area contributed by atoms with Gasteiger partial charge in [0, 0.05) is 11.6 Å². The second-order valence-corrected chi connectivity index (χ2v) is 6.93. The summed E-state index contributed by atoms with van der Waals surface area (Å²) in [6.45, 7) is 8.13. The first-order chi connectivity index (χ1) is 13.3. The zero-order valence-electron chi connectivity index (χ0n) is 17.4. The van der Waals surface area contributed by atoms with E-state index in [9.17, 15) is 14.4 Å². The molecule has 1 aromatic rings. The molecule has 1 rings (SSSR count). The molecule has 2 amide bonds. The van der Waals surface area contributed by atoms with Crippen molar-refractivity contribution in [1.29, 1.82) is 0 Å². The van der Waals surface area contributed by atoms with Gasteiger partial charge >= 0.3 is 5.97 Å². The van der Waals surface area contributed by atoms with Crippen LogP contribution in [0.15, 0.2) is 24.3 Å². The number of amides is 2. The number of esters is 1. The first-order valence-electron chi connectivity index (χ1n) is 9.73. The van der Waals surface area contributed by atoms with Gasteiger partial charge in [-0.2, -0.15) is 0 Å². The van der Waals surface area contributed by atoms with Gasteiger partial charge in [0.25, 0.3) is 5.91 Å². The third-order valence-corrected chi connectivity index (χ3v) is 4.29. The molecular weight excluding hydrogens is 360 g/mol. The Morgan fingerprint density at radius 1 is 1.04 bits per heavy atom. The fourth-order valence-corrected chi connectivity index (χ4v) is 2.78. The molecular formula is C21H32N2O5. The molecule has 0 saturated heterocycles. The Morgan fingerprint density at radius 3 is 2.18 bits per heavy atom. The van der Waals surface area contributed by atoms with Crippen LogP contribution in [0.5, 0.6) is 5.75 Å². The monoisotopic (exact) mass is 392 g/mol. The molecule has 0 saturated carbocycles. The van der Waals surface area contributed by atoms with Gasteiger partial charge in [-0.1, -0.05) is 27.2 Å². The highest BCUT2D eigenvalue weighted by Gasteiger charge is 2.27. The topological polar surface area (TPSA) is 93.7 Å². The molecule has 0 spiro atoms. The molecule has 0 aliphatic carbocycles. The summed E-state index contributed by atoms with van der Waals surface area (Å²) < 4.78 is 10.1. The van der Waals surface area contributed by atoms with Crippen LogP contribution in [0.2, 0.25) is 0 Å². The highest BCUT2D eigenvalue weighted by atomic mass is 16.5. The summed E-state index contributed by atoms with van der Waals surface area (Å²) in [5.41, 5.74) is 0.446. The summed E-state index contributed by atoms with van der Waals surface area (Å²) in [6.07, 6.45) is 1.57. The quantitative estimate of drug-likeness (QED) is 0.565.